The molecule has 1 aliphatic heterocycles. The van der Waals surface area contributed by atoms with Crippen LogP contribution in [0, 0.1) is 5.82 Å². The highest BCUT2D eigenvalue weighted by Crippen LogP contribution is 2.38. The predicted octanol–water partition coefficient (Wildman–Crippen LogP) is 2.06. The smallest absolute Gasteiger partial charge is 0.268 e. The third kappa shape index (κ3) is 1.87. The first-order valence-electron chi connectivity index (χ1n) is 4.76. The summed E-state index contributed by atoms with van der Waals surface area (Å²) < 4.78 is 37.8. The van der Waals surface area contributed by atoms with Gasteiger partial charge in [-0.1, -0.05) is 15.9 Å². The average molecular weight is 322 g/mol. The summed E-state index contributed by atoms with van der Waals surface area (Å²) in [6.45, 7) is 1.49. The fourth-order valence-electron chi connectivity index (χ4n) is 2.04. The minimum absolute atomic E-state index is 0.0924. The summed E-state index contributed by atoms with van der Waals surface area (Å²) in [4.78, 5) is 11.9. The van der Waals surface area contributed by atoms with Gasteiger partial charge in [-0.15, -0.1) is 0 Å². The number of hydrogen-bond acceptors (Lipinski definition) is 3. The van der Waals surface area contributed by atoms with Gasteiger partial charge in [-0.05, 0) is 19.1 Å². The van der Waals surface area contributed by atoms with Crippen LogP contribution >= 0.6 is 15.9 Å². The fraction of sp³-hybridized carbons (Fsp3) is 0.300. The van der Waals surface area contributed by atoms with Gasteiger partial charge in [-0.2, -0.15) is 0 Å². The molecule has 0 aromatic heterocycles. The molecular formula is C10H9BrFNO3S. The molecule has 92 valence electrons. The summed E-state index contributed by atoms with van der Waals surface area (Å²) in [6, 6.07) is 1.84. The van der Waals surface area contributed by atoms with Gasteiger partial charge in [-0.25, -0.2) is 17.1 Å². The highest BCUT2D eigenvalue weighted by atomic mass is 79.9. The number of halogens is 2. The molecule has 0 bridgehead atoms. The van der Waals surface area contributed by atoms with E-state index in [0.29, 0.717) is 8.78 Å². The lowest BCUT2D eigenvalue weighted by atomic mass is 10.1. The largest absolute Gasteiger partial charge is 0.268 e. The van der Waals surface area contributed by atoms with Crippen LogP contribution in [0.15, 0.2) is 16.6 Å². The van der Waals surface area contributed by atoms with Crippen molar-refractivity contribution in [3.8, 4) is 0 Å². The lowest BCUT2D eigenvalue weighted by molar-refractivity contribution is 0.0860. The molecule has 0 radical (unpaired) electrons. The number of hydrogen-bond donors (Lipinski definition) is 0. The predicted molar refractivity (Wildman–Crippen MR) is 63.5 cm³/mol. The topological polar surface area (TPSA) is 54.5 Å². The van der Waals surface area contributed by atoms with E-state index < -0.39 is 27.8 Å². The van der Waals surface area contributed by atoms with E-state index in [4.69, 9.17) is 0 Å². The zero-order valence-corrected chi connectivity index (χ0v) is 11.5. The maximum atomic E-state index is 13.7. The maximum Gasteiger partial charge on any atom is 0.268 e. The summed E-state index contributed by atoms with van der Waals surface area (Å²) in [6.07, 6.45) is 0.931. The van der Waals surface area contributed by atoms with Crippen molar-refractivity contribution in [1.29, 1.82) is 0 Å². The average Bonchev–Trinajstić information content (AvgIpc) is 2.37. The van der Waals surface area contributed by atoms with Crippen LogP contribution in [-0.2, 0) is 10.0 Å². The third-order valence-corrected chi connectivity index (χ3v) is 4.31. The minimum atomic E-state index is -3.70. The molecule has 0 unspecified atom stereocenters. The maximum absolute atomic E-state index is 13.7. The van der Waals surface area contributed by atoms with Crippen molar-refractivity contribution in [2.75, 3.05) is 6.26 Å². The van der Waals surface area contributed by atoms with E-state index in [1.54, 1.807) is 0 Å². The normalized spacial score (nSPS) is 19.6. The second-order valence-electron chi connectivity index (χ2n) is 3.89. The Kier molecular flexibility index (Phi) is 2.78. The Labute approximate surface area is 107 Å². The van der Waals surface area contributed by atoms with Crippen molar-refractivity contribution in [3.05, 3.63) is 33.5 Å². The molecule has 7 heteroatoms. The van der Waals surface area contributed by atoms with Crippen LogP contribution in [0.5, 0.6) is 0 Å². The fourth-order valence-corrected chi connectivity index (χ4v) is 3.55. The molecule has 0 fully saturated rings. The van der Waals surface area contributed by atoms with Crippen LogP contribution in [-0.4, -0.2) is 24.9 Å². The SMILES string of the molecule is C[C@H]1c2c(F)cc(Br)cc2C(=O)N1S(C)(=O)=O. The zero-order chi connectivity index (χ0) is 13.0. The minimum Gasteiger partial charge on any atom is -0.268 e. The number of benzene rings is 1. The molecular weight excluding hydrogens is 313 g/mol. The molecule has 0 spiro atoms. The summed E-state index contributed by atoms with van der Waals surface area (Å²) >= 11 is 3.07. The van der Waals surface area contributed by atoms with E-state index in [1.807, 2.05) is 0 Å². The van der Waals surface area contributed by atoms with Crippen molar-refractivity contribution < 1.29 is 17.6 Å². The van der Waals surface area contributed by atoms with Gasteiger partial charge < -0.3 is 0 Å². The van der Waals surface area contributed by atoms with Crippen molar-refractivity contribution in [2.24, 2.45) is 0 Å². The number of sulfonamides is 1. The summed E-state index contributed by atoms with van der Waals surface area (Å²) in [5.74, 6) is -1.27. The number of rotatable bonds is 1. The standard InChI is InChI=1S/C10H9BrFNO3S/c1-5-9-7(3-6(11)4-8(9)12)10(14)13(5)17(2,15)16/h3-5H,1-2H3/t5-/m0/s1. The van der Waals surface area contributed by atoms with Crippen LogP contribution in [0.3, 0.4) is 0 Å². The molecule has 17 heavy (non-hydrogen) atoms. The molecule has 1 heterocycles. The Hall–Kier alpha value is -0.950. The molecule has 1 aliphatic rings. The summed E-state index contributed by atoms with van der Waals surface area (Å²) in [5, 5.41) is 0. The lowest BCUT2D eigenvalue weighted by Crippen LogP contribution is -2.32. The highest BCUT2D eigenvalue weighted by molar-refractivity contribution is 9.10. The van der Waals surface area contributed by atoms with E-state index in [1.165, 1.54) is 19.1 Å². The molecule has 1 amide bonds. The van der Waals surface area contributed by atoms with E-state index in [-0.39, 0.29) is 11.1 Å². The molecule has 4 nitrogen and oxygen atoms in total. The summed E-state index contributed by atoms with van der Waals surface area (Å²) in [7, 11) is -3.70. The molecule has 0 saturated carbocycles. The first kappa shape index (κ1) is 12.5. The van der Waals surface area contributed by atoms with Gasteiger partial charge in [-0.3, -0.25) is 4.79 Å². The summed E-state index contributed by atoms with van der Waals surface area (Å²) in [5.41, 5.74) is 0.221. The second kappa shape index (κ2) is 3.78. The van der Waals surface area contributed by atoms with Crippen LogP contribution < -0.4 is 0 Å². The van der Waals surface area contributed by atoms with Crippen LogP contribution in [0.4, 0.5) is 4.39 Å². The first-order valence-corrected chi connectivity index (χ1v) is 7.40. The first-order chi connectivity index (χ1) is 7.73. The van der Waals surface area contributed by atoms with Crippen LogP contribution in [0.2, 0.25) is 0 Å². The number of carbonyl (C=O) groups is 1. The Morgan fingerprint density at radius 3 is 2.53 bits per heavy atom. The van der Waals surface area contributed by atoms with Gasteiger partial charge in [0.2, 0.25) is 10.0 Å². The number of amides is 1. The lowest BCUT2D eigenvalue weighted by Gasteiger charge is -2.18. The molecule has 1 aromatic rings. The Balaban J connectivity index is 2.69. The number of fused-ring (bicyclic) bond motifs is 1. The molecule has 2 rings (SSSR count). The van der Waals surface area contributed by atoms with Crippen molar-refractivity contribution in [3.63, 3.8) is 0 Å². The van der Waals surface area contributed by atoms with Crippen molar-refractivity contribution in [2.45, 2.75) is 13.0 Å². The third-order valence-electron chi connectivity index (χ3n) is 2.65. The van der Waals surface area contributed by atoms with Crippen LogP contribution in [0.1, 0.15) is 28.9 Å². The van der Waals surface area contributed by atoms with Gasteiger partial charge in [0.25, 0.3) is 5.91 Å². The van der Waals surface area contributed by atoms with Gasteiger partial charge in [0, 0.05) is 15.6 Å². The Morgan fingerprint density at radius 2 is 2.00 bits per heavy atom. The number of carbonyl (C=O) groups excluding carboxylic acids is 1. The van der Waals surface area contributed by atoms with Gasteiger partial charge in [0.05, 0.1) is 12.3 Å². The highest BCUT2D eigenvalue weighted by Gasteiger charge is 2.41. The quantitative estimate of drug-likeness (QED) is 0.795. The zero-order valence-electron chi connectivity index (χ0n) is 9.07. The molecule has 0 aliphatic carbocycles. The van der Waals surface area contributed by atoms with E-state index in [0.717, 1.165) is 6.26 Å². The van der Waals surface area contributed by atoms with Gasteiger partial charge in [0.1, 0.15) is 5.82 Å². The van der Waals surface area contributed by atoms with Gasteiger partial charge >= 0.3 is 0 Å². The Bertz CT molecular complexity index is 614. The molecule has 1 atom stereocenters. The molecule has 0 N–H and O–H groups in total. The van der Waals surface area contributed by atoms with E-state index in [2.05, 4.69) is 15.9 Å². The monoisotopic (exact) mass is 321 g/mol. The van der Waals surface area contributed by atoms with E-state index in [9.17, 15) is 17.6 Å². The van der Waals surface area contributed by atoms with Crippen LogP contribution in [0.25, 0.3) is 0 Å². The Morgan fingerprint density at radius 1 is 1.41 bits per heavy atom. The molecule has 0 saturated heterocycles. The molecule has 1 aromatic carbocycles. The van der Waals surface area contributed by atoms with Crippen molar-refractivity contribution in [1.82, 2.24) is 4.31 Å². The van der Waals surface area contributed by atoms with Gasteiger partial charge in [0.15, 0.2) is 0 Å². The second-order valence-corrected chi connectivity index (χ2v) is 6.66. The van der Waals surface area contributed by atoms with Crippen molar-refractivity contribution >= 4 is 31.9 Å². The van der Waals surface area contributed by atoms with E-state index >= 15 is 0 Å². The number of nitrogens with zero attached hydrogens (tertiary/aromatic N) is 1.